The number of carbonyl (C=O) groups excluding carboxylic acids is 1. The first-order valence-electron chi connectivity index (χ1n) is 6.45. The molecule has 1 fully saturated rings. The van der Waals surface area contributed by atoms with Crippen molar-refractivity contribution >= 4 is 12.1 Å². The van der Waals surface area contributed by atoms with Crippen LogP contribution >= 0.6 is 0 Å². The van der Waals surface area contributed by atoms with Crippen LogP contribution in [0.15, 0.2) is 9.90 Å². The minimum Gasteiger partial charge on any atom is -0.494 e. The maximum absolute atomic E-state index is 11.8. The third-order valence-electron chi connectivity index (χ3n) is 3.73. The van der Waals surface area contributed by atoms with E-state index in [4.69, 9.17) is 10.5 Å². The summed E-state index contributed by atoms with van der Waals surface area (Å²) in [4.78, 5) is 23.5. The van der Waals surface area contributed by atoms with Crippen molar-refractivity contribution in [3.8, 4) is 18.0 Å². The van der Waals surface area contributed by atoms with Gasteiger partial charge in [0.05, 0.1) is 17.8 Å². The lowest BCUT2D eigenvalue weighted by atomic mass is 10.1. The van der Waals surface area contributed by atoms with Gasteiger partial charge in [0.25, 0.3) is 11.5 Å². The molecule has 22 heavy (non-hydrogen) atoms. The van der Waals surface area contributed by atoms with E-state index in [-0.39, 0.29) is 22.6 Å². The van der Waals surface area contributed by atoms with Crippen molar-refractivity contribution < 1.29 is 9.90 Å². The highest BCUT2D eigenvalue weighted by molar-refractivity contribution is 5.90. The van der Waals surface area contributed by atoms with Gasteiger partial charge in [-0.25, -0.2) is 5.43 Å². The molecule has 0 atom stereocenters. The molecule has 8 heteroatoms. The van der Waals surface area contributed by atoms with Crippen molar-refractivity contribution in [2.45, 2.75) is 19.8 Å². The monoisotopic (exact) mass is 299 g/mol. The van der Waals surface area contributed by atoms with Crippen molar-refractivity contribution in [3.05, 3.63) is 27.0 Å². The van der Waals surface area contributed by atoms with Crippen LogP contribution in [-0.2, 0) is 11.8 Å². The number of carbonyl (C=O) groups is 1. The Morgan fingerprint density at radius 3 is 2.64 bits per heavy atom. The van der Waals surface area contributed by atoms with Gasteiger partial charge in [-0.2, -0.15) is 15.6 Å². The normalized spacial score (nSPS) is 15.1. The lowest BCUT2D eigenvalue weighted by Gasteiger charge is -2.10. The average Bonchev–Trinajstić information content (AvgIpc) is 3.30. The topological polar surface area (TPSA) is 131 Å². The molecule has 2 N–H and O–H groups in total. The average molecular weight is 299 g/mol. The smallest absolute Gasteiger partial charge is 0.271 e. The third-order valence-corrected chi connectivity index (χ3v) is 3.73. The van der Waals surface area contributed by atoms with Crippen LogP contribution in [0, 0.1) is 35.0 Å². The second-order valence-corrected chi connectivity index (χ2v) is 5.11. The van der Waals surface area contributed by atoms with E-state index in [9.17, 15) is 14.7 Å². The Bertz CT molecular complexity index is 819. The molecule has 1 amide bonds. The number of aromatic nitrogens is 1. The standard InChI is InChI=1S/C14H13N5O3/c1-8-9(5-15)11(20)19(2)12(21)10(8)6-17-18-13(22)14(7-16)3-4-14/h6,21H,3-4H2,1-2H3,(H,18,22)/b17-6+. The van der Waals surface area contributed by atoms with E-state index in [1.165, 1.54) is 14.0 Å². The second-order valence-electron chi connectivity index (χ2n) is 5.11. The summed E-state index contributed by atoms with van der Waals surface area (Å²) in [5, 5.41) is 31.6. The number of nitrogens with zero attached hydrogens (tertiary/aromatic N) is 4. The Labute approximate surface area is 125 Å². The van der Waals surface area contributed by atoms with E-state index in [2.05, 4.69) is 10.5 Å². The summed E-state index contributed by atoms with van der Waals surface area (Å²) >= 11 is 0. The molecular formula is C14H13N5O3. The van der Waals surface area contributed by atoms with Gasteiger partial charge in [0.15, 0.2) is 0 Å². The first-order valence-corrected chi connectivity index (χ1v) is 6.45. The minimum absolute atomic E-state index is 0.108. The van der Waals surface area contributed by atoms with E-state index in [0.29, 0.717) is 12.8 Å². The maximum atomic E-state index is 11.8. The zero-order chi connectivity index (χ0) is 16.5. The van der Waals surface area contributed by atoms with Crippen LogP contribution in [0.2, 0.25) is 0 Å². The number of pyridine rings is 1. The SMILES string of the molecule is Cc1c(/C=N/NC(=O)C2(C#N)CC2)c(O)n(C)c(=O)c1C#N. The van der Waals surface area contributed by atoms with Gasteiger partial charge in [-0.05, 0) is 25.3 Å². The number of hydrogen-bond acceptors (Lipinski definition) is 6. The molecular weight excluding hydrogens is 286 g/mol. The molecule has 0 radical (unpaired) electrons. The van der Waals surface area contributed by atoms with Crippen molar-refractivity contribution in [2.75, 3.05) is 0 Å². The van der Waals surface area contributed by atoms with Crippen molar-refractivity contribution in [1.82, 2.24) is 9.99 Å². The van der Waals surface area contributed by atoms with Gasteiger partial charge in [-0.3, -0.25) is 14.2 Å². The molecule has 0 aromatic carbocycles. The van der Waals surface area contributed by atoms with Gasteiger partial charge >= 0.3 is 0 Å². The fraction of sp³-hybridized carbons (Fsp3) is 0.357. The zero-order valence-corrected chi connectivity index (χ0v) is 12.0. The number of hydrazone groups is 1. The summed E-state index contributed by atoms with van der Waals surface area (Å²) in [6.45, 7) is 1.50. The Balaban J connectivity index is 2.31. The molecule has 2 rings (SSSR count). The van der Waals surface area contributed by atoms with E-state index >= 15 is 0 Å². The van der Waals surface area contributed by atoms with Crippen LogP contribution in [0.5, 0.6) is 5.88 Å². The first-order chi connectivity index (χ1) is 10.4. The molecule has 1 saturated carbocycles. The lowest BCUT2D eigenvalue weighted by Crippen LogP contribution is -2.27. The maximum Gasteiger partial charge on any atom is 0.271 e. The molecule has 1 aliphatic carbocycles. The van der Waals surface area contributed by atoms with E-state index in [1.807, 2.05) is 6.07 Å². The highest BCUT2D eigenvalue weighted by Gasteiger charge is 2.50. The van der Waals surface area contributed by atoms with Crippen LogP contribution in [0.25, 0.3) is 0 Å². The second kappa shape index (κ2) is 5.34. The van der Waals surface area contributed by atoms with Gasteiger partial charge < -0.3 is 5.11 Å². The minimum atomic E-state index is -1.00. The van der Waals surface area contributed by atoms with Gasteiger partial charge in [-0.1, -0.05) is 0 Å². The highest BCUT2D eigenvalue weighted by Crippen LogP contribution is 2.44. The Morgan fingerprint density at radius 2 is 2.14 bits per heavy atom. The molecule has 112 valence electrons. The molecule has 1 aromatic heterocycles. The molecule has 8 nitrogen and oxygen atoms in total. The predicted octanol–water partition coefficient (Wildman–Crippen LogP) is 0.0249. The van der Waals surface area contributed by atoms with Gasteiger partial charge in [0.2, 0.25) is 5.88 Å². The van der Waals surface area contributed by atoms with Crippen molar-refractivity contribution in [3.63, 3.8) is 0 Å². The summed E-state index contributed by atoms with van der Waals surface area (Å²) in [5.41, 5.74) is 0.934. The fourth-order valence-corrected chi connectivity index (χ4v) is 1.97. The van der Waals surface area contributed by atoms with E-state index in [1.54, 1.807) is 6.07 Å². The lowest BCUT2D eigenvalue weighted by molar-refractivity contribution is -0.124. The van der Waals surface area contributed by atoms with Crippen LogP contribution in [0.1, 0.15) is 29.5 Å². The van der Waals surface area contributed by atoms with Gasteiger partial charge in [-0.15, -0.1) is 0 Å². The number of nitriles is 2. The molecule has 1 aromatic rings. The van der Waals surface area contributed by atoms with E-state index < -0.39 is 16.9 Å². The molecule has 0 aliphatic heterocycles. The van der Waals surface area contributed by atoms with Crippen LogP contribution in [0.3, 0.4) is 0 Å². The van der Waals surface area contributed by atoms with Gasteiger partial charge in [0, 0.05) is 7.05 Å². The van der Waals surface area contributed by atoms with Crippen LogP contribution < -0.4 is 11.0 Å². The third kappa shape index (κ3) is 2.31. The van der Waals surface area contributed by atoms with Crippen LogP contribution in [0.4, 0.5) is 0 Å². The Kier molecular flexibility index (Phi) is 3.70. The molecule has 0 saturated heterocycles. The first kappa shape index (κ1) is 15.3. The molecule has 1 aliphatic rings. The van der Waals surface area contributed by atoms with Crippen molar-refractivity contribution in [2.24, 2.45) is 17.6 Å². The van der Waals surface area contributed by atoms with E-state index in [0.717, 1.165) is 10.8 Å². The van der Waals surface area contributed by atoms with Gasteiger partial charge in [0.1, 0.15) is 17.0 Å². The van der Waals surface area contributed by atoms with Crippen LogP contribution in [-0.4, -0.2) is 21.8 Å². The summed E-state index contributed by atoms with van der Waals surface area (Å²) in [5.74, 6) is -0.866. The summed E-state index contributed by atoms with van der Waals surface area (Å²) < 4.78 is 0.923. The zero-order valence-electron chi connectivity index (χ0n) is 12.0. The number of rotatable bonds is 3. The number of nitrogens with one attached hydrogen (secondary N) is 1. The molecule has 0 bridgehead atoms. The largest absolute Gasteiger partial charge is 0.494 e. The fourth-order valence-electron chi connectivity index (χ4n) is 1.97. The highest BCUT2D eigenvalue weighted by atomic mass is 16.3. The predicted molar refractivity (Wildman–Crippen MR) is 75.8 cm³/mol. The number of hydrogen-bond donors (Lipinski definition) is 2. The molecule has 0 spiro atoms. The number of aromatic hydroxyl groups is 1. The quantitative estimate of drug-likeness (QED) is 0.600. The molecule has 1 heterocycles. The molecule has 0 unspecified atom stereocenters. The number of amides is 1. The summed E-state index contributed by atoms with van der Waals surface area (Å²) in [6.07, 6.45) is 2.14. The van der Waals surface area contributed by atoms with Crippen molar-refractivity contribution in [1.29, 1.82) is 10.5 Å². The Morgan fingerprint density at radius 1 is 1.50 bits per heavy atom. The Hall–Kier alpha value is -3.13. The summed E-state index contributed by atoms with van der Waals surface area (Å²) in [6, 6.07) is 3.71. The summed E-state index contributed by atoms with van der Waals surface area (Å²) in [7, 11) is 1.32.